The fraction of sp³-hybridized carbons (Fsp3) is 0.0833. The molecule has 0 radical (unpaired) electrons. The Morgan fingerprint density at radius 3 is 2.28 bits per heavy atom. The van der Waals surface area contributed by atoms with Gasteiger partial charge in [-0.25, -0.2) is 9.98 Å². The number of hydrogen-bond acceptors (Lipinski definition) is 2. The highest BCUT2D eigenvalue weighted by molar-refractivity contribution is 6.31. The Morgan fingerprint density at radius 2 is 1.52 bits per heavy atom. The minimum absolute atomic E-state index is 0.0202. The minimum Gasteiger partial charge on any atom is -0.307 e. The summed E-state index contributed by atoms with van der Waals surface area (Å²) >= 11 is 12.6. The number of hydrogen-bond donors (Lipinski definition) is 0. The summed E-state index contributed by atoms with van der Waals surface area (Å²) in [7, 11) is 0. The Balaban J connectivity index is 1.66. The van der Waals surface area contributed by atoms with Gasteiger partial charge in [0, 0.05) is 28.2 Å². The van der Waals surface area contributed by atoms with Crippen molar-refractivity contribution in [3.05, 3.63) is 106 Å². The summed E-state index contributed by atoms with van der Waals surface area (Å²) in [5, 5.41) is 1.46. The Labute approximate surface area is 179 Å². The maximum Gasteiger partial charge on any atom is 0.230 e. The van der Waals surface area contributed by atoms with Crippen molar-refractivity contribution in [3.63, 3.8) is 0 Å². The average molecular weight is 418 g/mol. The highest BCUT2D eigenvalue weighted by atomic mass is 35.5. The fourth-order valence-corrected chi connectivity index (χ4v) is 4.11. The smallest absolute Gasteiger partial charge is 0.230 e. The van der Waals surface area contributed by atoms with E-state index in [1.54, 1.807) is 0 Å². The molecule has 4 aromatic rings. The molecule has 0 fully saturated rings. The van der Waals surface area contributed by atoms with Gasteiger partial charge in [-0.15, -0.1) is 0 Å². The minimum atomic E-state index is 0.0202. The van der Waals surface area contributed by atoms with E-state index in [1.165, 1.54) is 0 Å². The molecule has 3 aromatic carbocycles. The van der Waals surface area contributed by atoms with Crippen molar-refractivity contribution in [1.29, 1.82) is 0 Å². The van der Waals surface area contributed by atoms with Crippen molar-refractivity contribution >= 4 is 34.9 Å². The maximum atomic E-state index is 6.57. The third kappa shape index (κ3) is 3.48. The first-order valence-electron chi connectivity index (χ1n) is 9.41. The number of benzene rings is 3. The third-order valence-electron chi connectivity index (χ3n) is 5.18. The van der Waals surface area contributed by atoms with Crippen LogP contribution in [0.2, 0.25) is 10.0 Å². The Bertz CT molecular complexity index is 1190. The maximum absolute atomic E-state index is 6.57. The number of halogens is 2. The van der Waals surface area contributed by atoms with E-state index in [4.69, 9.17) is 33.2 Å². The number of fused-ring (bicyclic) bond motifs is 1. The van der Waals surface area contributed by atoms with E-state index >= 15 is 0 Å². The van der Waals surface area contributed by atoms with Crippen LogP contribution in [0.4, 0.5) is 5.95 Å². The Morgan fingerprint density at radius 1 is 0.793 bits per heavy atom. The second-order valence-corrected chi connectivity index (χ2v) is 7.85. The lowest BCUT2D eigenvalue weighted by atomic mass is 9.95. The quantitative estimate of drug-likeness (QED) is 0.353. The Hall–Kier alpha value is -2.88. The summed E-state index contributed by atoms with van der Waals surface area (Å²) in [6, 6.07) is 25.9. The van der Waals surface area contributed by atoms with Gasteiger partial charge < -0.3 is 4.57 Å². The van der Waals surface area contributed by atoms with Gasteiger partial charge in [-0.3, -0.25) is 0 Å². The molecule has 1 aliphatic heterocycles. The lowest BCUT2D eigenvalue weighted by molar-refractivity contribution is 0.596. The standard InChI is InChI=1S/C24H17Cl2N3/c25-18-12-10-17(11-13-18)21-14-23(19-8-4-5-9-20(19)26)29-15-22(28-24(29)27-21)16-6-2-1-3-7-16/h1-13,15,23H,14H2. The van der Waals surface area contributed by atoms with Gasteiger partial charge in [0.05, 0.1) is 17.4 Å². The number of imidazole rings is 1. The first-order valence-corrected chi connectivity index (χ1v) is 10.2. The van der Waals surface area contributed by atoms with E-state index in [0.29, 0.717) is 11.0 Å². The van der Waals surface area contributed by atoms with Crippen LogP contribution in [0.3, 0.4) is 0 Å². The van der Waals surface area contributed by atoms with Crippen LogP contribution in [0.1, 0.15) is 23.6 Å². The monoisotopic (exact) mass is 417 g/mol. The second kappa shape index (κ2) is 7.51. The molecule has 0 N–H and O–H groups in total. The zero-order valence-electron chi connectivity index (χ0n) is 15.5. The summed E-state index contributed by atoms with van der Waals surface area (Å²) in [6.45, 7) is 0. The van der Waals surface area contributed by atoms with E-state index in [9.17, 15) is 0 Å². The molecule has 1 unspecified atom stereocenters. The molecule has 0 aliphatic carbocycles. The summed E-state index contributed by atoms with van der Waals surface area (Å²) in [5.74, 6) is 0.685. The van der Waals surface area contributed by atoms with Crippen LogP contribution in [0.5, 0.6) is 0 Å². The van der Waals surface area contributed by atoms with Crippen molar-refractivity contribution < 1.29 is 0 Å². The molecule has 142 valence electrons. The van der Waals surface area contributed by atoms with Crippen LogP contribution < -0.4 is 0 Å². The van der Waals surface area contributed by atoms with Crippen LogP contribution in [0.15, 0.2) is 90.1 Å². The third-order valence-corrected chi connectivity index (χ3v) is 5.78. The van der Waals surface area contributed by atoms with Crippen molar-refractivity contribution in [2.45, 2.75) is 12.5 Å². The molecule has 0 saturated carbocycles. The molecular formula is C24H17Cl2N3. The number of nitrogens with zero attached hydrogens (tertiary/aromatic N) is 3. The van der Waals surface area contributed by atoms with Crippen LogP contribution in [-0.2, 0) is 0 Å². The fourth-order valence-electron chi connectivity index (χ4n) is 3.72. The summed E-state index contributed by atoms with van der Waals surface area (Å²) < 4.78 is 2.13. The number of aliphatic imine (C=N–C) groups is 1. The molecule has 1 atom stereocenters. The van der Waals surface area contributed by atoms with Gasteiger partial charge in [0.1, 0.15) is 0 Å². The predicted octanol–water partition coefficient (Wildman–Crippen LogP) is 6.97. The lowest BCUT2D eigenvalue weighted by Crippen LogP contribution is -2.20. The molecule has 0 amide bonds. The zero-order valence-corrected chi connectivity index (χ0v) is 17.0. The normalized spacial score (nSPS) is 15.7. The van der Waals surface area contributed by atoms with E-state index in [-0.39, 0.29) is 6.04 Å². The second-order valence-electron chi connectivity index (χ2n) is 7.01. The number of rotatable bonds is 3. The largest absolute Gasteiger partial charge is 0.307 e. The molecular weight excluding hydrogens is 401 g/mol. The van der Waals surface area contributed by atoms with Gasteiger partial charge >= 0.3 is 0 Å². The SMILES string of the molecule is Clc1ccc(C2=Nc3nc(-c4ccccc4)cn3C(c3ccccc3Cl)C2)cc1. The average Bonchev–Trinajstić information content (AvgIpc) is 3.19. The predicted molar refractivity (Wildman–Crippen MR) is 120 cm³/mol. The molecule has 0 saturated heterocycles. The molecule has 5 heteroatoms. The summed E-state index contributed by atoms with van der Waals surface area (Å²) in [6.07, 6.45) is 2.80. The van der Waals surface area contributed by atoms with Crippen LogP contribution >= 0.6 is 23.2 Å². The van der Waals surface area contributed by atoms with Crippen molar-refractivity contribution in [3.8, 4) is 11.3 Å². The lowest BCUT2D eigenvalue weighted by Gasteiger charge is -2.26. The van der Waals surface area contributed by atoms with Gasteiger partial charge in [-0.2, -0.15) is 0 Å². The van der Waals surface area contributed by atoms with Gasteiger partial charge in [0.2, 0.25) is 5.95 Å². The van der Waals surface area contributed by atoms with Gasteiger partial charge in [-0.1, -0.05) is 83.9 Å². The van der Waals surface area contributed by atoms with Crippen molar-refractivity contribution in [1.82, 2.24) is 9.55 Å². The molecule has 0 spiro atoms. The molecule has 2 heterocycles. The zero-order chi connectivity index (χ0) is 19.8. The van der Waals surface area contributed by atoms with Crippen molar-refractivity contribution in [2.75, 3.05) is 0 Å². The van der Waals surface area contributed by atoms with Crippen LogP contribution in [0.25, 0.3) is 11.3 Å². The van der Waals surface area contributed by atoms with E-state index < -0.39 is 0 Å². The molecule has 0 bridgehead atoms. The van der Waals surface area contributed by atoms with Gasteiger partial charge in [0.15, 0.2) is 0 Å². The molecule has 5 rings (SSSR count). The van der Waals surface area contributed by atoms with Crippen molar-refractivity contribution in [2.24, 2.45) is 4.99 Å². The topological polar surface area (TPSA) is 30.2 Å². The molecule has 3 nitrogen and oxygen atoms in total. The van der Waals surface area contributed by atoms with Gasteiger partial charge in [-0.05, 0) is 29.3 Å². The van der Waals surface area contributed by atoms with Crippen LogP contribution in [-0.4, -0.2) is 15.3 Å². The van der Waals surface area contributed by atoms with E-state index in [0.717, 1.165) is 39.5 Å². The van der Waals surface area contributed by atoms with Crippen LogP contribution in [0, 0.1) is 0 Å². The highest BCUT2D eigenvalue weighted by Crippen LogP contribution is 2.38. The van der Waals surface area contributed by atoms with E-state index in [1.807, 2.05) is 60.7 Å². The first kappa shape index (κ1) is 18.2. The highest BCUT2D eigenvalue weighted by Gasteiger charge is 2.27. The first-order chi connectivity index (χ1) is 14.2. The Kier molecular flexibility index (Phi) is 4.70. The summed E-state index contributed by atoms with van der Waals surface area (Å²) in [4.78, 5) is 9.71. The van der Waals surface area contributed by atoms with Gasteiger partial charge in [0.25, 0.3) is 0 Å². The van der Waals surface area contributed by atoms with E-state index in [2.05, 4.69) is 29.0 Å². The number of aromatic nitrogens is 2. The molecule has 1 aliphatic rings. The summed E-state index contributed by atoms with van der Waals surface area (Å²) in [5.41, 5.74) is 5.05. The molecule has 29 heavy (non-hydrogen) atoms. The molecule has 1 aromatic heterocycles.